The Balaban J connectivity index is 1.73. The highest BCUT2D eigenvalue weighted by Gasteiger charge is 2.15. The number of ether oxygens (including phenoxy) is 1. The standard InChI is InChI=1S/C21H26ClNO2S/c1-14-7-5-6-8-18(14)13-26-10-9-23-21(24)17(4)25-19-11-15(2)20(22)16(3)12-19/h5-8,11-12,17H,9-10,13H2,1-4H3,(H,23,24)/t17-/m0/s1. The van der Waals surface area contributed by atoms with Gasteiger partial charge < -0.3 is 10.1 Å². The van der Waals surface area contributed by atoms with Crippen molar-refractivity contribution in [1.82, 2.24) is 5.32 Å². The molecule has 2 aromatic carbocycles. The van der Waals surface area contributed by atoms with Gasteiger partial charge in [0.15, 0.2) is 6.10 Å². The van der Waals surface area contributed by atoms with Crippen LogP contribution in [0.5, 0.6) is 5.75 Å². The summed E-state index contributed by atoms with van der Waals surface area (Å²) < 4.78 is 5.76. The first-order valence-electron chi connectivity index (χ1n) is 8.72. The van der Waals surface area contributed by atoms with Crippen LogP contribution in [-0.4, -0.2) is 24.3 Å². The number of aryl methyl sites for hydroxylation is 3. The summed E-state index contributed by atoms with van der Waals surface area (Å²) in [5.74, 6) is 2.39. The molecule has 0 aromatic heterocycles. The lowest BCUT2D eigenvalue weighted by molar-refractivity contribution is -0.127. The lowest BCUT2D eigenvalue weighted by Gasteiger charge is -2.16. The van der Waals surface area contributed by atoms with E-state index in [2.05, 4.69) is 36.5 Å². The molecule has 140 valence electrons. The van der Waals surface area contributed by atoms with Crippen molar-refractivity contribution < 1.29 is 9.53 Å². The van der Waals surface area contributed by atoms with Crippen molar-refractivity contribution in [1.29, 1.82) is 0 Å². The number of carbonyl (C=O) groups is 1. The molecular weight excluding hydrogens is 366 g/mol. The number of hydrogen-bond donors (Lipinski definition) is 1. The van der Waals surface area contributed by atoms with Gasteiger partial charge in [0.2, 0.25) is 0 Å². The van der Waals surface area contributed by atoms with Crippen LogP contribution in [0, 0.1) is 20.8 Å². The summed E-state index contributed by atoms with van der Waals surface area (Å²) in [5.41, 5.74) is 4.54. The molecule has 1 atom stereocenters. The Labute approximate surface area is 165 Å². The minimum atomic E-state index is -0.545. The largest absolute Gasteiger partial charge is 0.481 e. The number of halogens is 1. The van der Waals surface area contributed by atoms with Gasteiger partial charge in [-0.05, 0) is 62.1 Å². The van der Waals surface area contributed by atoms with Crippen molar-refractivity contribution in [2.45, 2.75) is 39.6 Å². The molecule has 0 aliphatic carbocycles. The van der Waals surface area contributed by atoms with Gasteiger partial charge in [-0.25, -0.2) is 0 Å². The van der Waals surface area contributed by atoms with Crippen molar-refractivity contribution in [2.24, 2.45) is 0 Å². The average molecular weight is 392 g/mol. The number of thioether (sulfide) groups is 1. The zero-order valence-corrected chi connectivity index (χ0v) is 17.3. The summed E-state index contributed by atoms with van der Waals surface area (Å²) in [6, 6.07) is 12.1. The van der Waals surface area contributed by atoms with Gasteiger partial charge in [-0.1, -0.05) is 35.9 Å². The van der Waals surface area contributed by atoms with Gasteiger partial charge >= 0.3 is 0 Å². The first-order valence-corrected chi connectivity index (χ1v) is 10.2. The molecule has 1 amide bonds. The Morgan fingerprint density at radius 3 is 2.46 bits per heavy atom. The molecule has 0 bridgehead atoms. The van der Waals surface area contributed by atoms with Gasteiger partial charge in [0.25, 0.3) is 5.91 Å². The van der Waals surface area contributed by atoms with E-state index < -0.39 is 6.10 Å². The van der Waals surface area contributed by atoms with Crippen molar-refractivity contribution in [3.63, 3.8) is 0 Å². The molecule has 5 heteroatoms. The highest BCUT2D eigenvalue weighted by Crippen LogP contribution is 2.26. The Kier molecular flexibility index (Phi) is 7.85. The summed E-state index contributed by atoms with van der Waals surface area (Å²) in [4.78, 5) is 12.2. The summed E-state index contributed by atoms with van der Waals surface area (Å²) in [5, 5.41) is 3.67. The minimum absolute atomic E-state index is 0.105. The van der Waals surface area contributed by atoms with Crippen LogP contribution >= 0.6 is 23.4 Å². The highest BCUT2D eigenvalue weighted by molar-refractivity contribution is 7.98. The van der Waals surface area contributed by atoms with E-state index >= 15 is 0 Å². The van der Waals surface area contributed by atoms with E-state index in [0.717, 1.165) is 27.7 Å². The third-order valence-corrected chi connectivity index (χ3v) is 5.76. The zero-order chi connectivity index (χ0) is 19.1. The van der Waals surface area contributed by atoms with Gasteiger partial charge in [0.1, 0.15) is 5.75 Å². The Morgan fingerprint density at radius 2 is 1.81 bits per heavy atom. The molecule has 0 saturated heterocycles. The maximum Gasteiger partial charge on any atom is 0.260 e. The monoisotopic (exact) mass is 391 g/mol. The van der Waals surface area contributed by atoms with Crippen LogP contribution in [0.3, 0.4) is 0 Å². The molecule has 0 unspecified atom stereocenters. The summed E-state index contributed by atoms with van der Waals surface area (Å²) in [7, 11) is 0. The lowest BCUT2D eigenvalue weighted by Crippen LogP contribution is -2.37. The number of carbonyl (C=O) groups excluding carboxylic acids is 1. The Hall–Kier alpha value is -1.65. The number of hydrogen-bond acceptors (Lipinski definition) is 3. The van der Waals surface area contributed by atoms with Gasteiger partial charge in [0, 0.05) is 23.1 Å². The van der Waals surface area contributed by atoms with E-state index in [1.807, 2.05) is 37.7 Å². The van der Waals surface area contributed by atoms with Crippen LogP contribution in [-0.2, 0) is 10.5 Å². The molecule has 0 aliphatic rings. The van der Waals surface area contributed by atoms with Crippen molar-refractivity contribution in [2.75, 3.05) is 12.3 Å². The first-order chi connectivity index (χ1) is 12.4. The summed E-state index contributed by atoms with van der Waals surface area (Å²) >= 11 is 7.98. The van der Waals surface area contributed by atoms with E-state index in [0.29, 0.717) is 12.3 Å². The molecule has 0 fully saturated rings. The van der Waals surface area contributed by atoms with E-state index in [-0.39, 0.29) is 5.91 Å². The first kappa shape index (κ1) is 20.7. The van der Waals surface area contributed by atoms with E-state index in [4.69, 9.17) is 16.3 Å². The zero-order valence-electron chi connectivity index (χ0n) is 15.8. The van der Waals surface area contributed by atoms with E-state index in [1.54, 1.807) is 6.92 Å². The molecule has 0 radical (unpaired) electrons. The van der Waals surface area contributed by atoms with Crippen LogP contribution in [0.15, 0.2) is 36.4 Å². The normalized spacial score (nSPS) is 11.9. The quantitative estimate of drug-likeness (QED) is 0.637. The molecule has 3 nitrogen and oxygen atoms in total. The number of amides is 1. The third kappa shape index (κ3) is 5.96. The molecule has 2 aromatic rings. The van der Waals surface area contributed by atoms with Crippen LogP contribution in [0.4, 0.5) is 0 Å². The Bertz CT molecular complexity index is 740. The summed E-state index contributed by atoms with van der Waals surface area (Å²) in [6.07, 6.45) is -0.545. The molecule has 2 rings (SSSR count). The van der Waals surface area contributed by atoms with E-state index in [1.165, 1.54) is 11.1 Å². The van der Waals surface area contributed by atoms with Gasteiger partial charge in [0.05, 0.1) is 0 Å². The van der Waals surface area contributed by atoms with Crippen LogP contribution < -0.4 is 10.1 Å². The molecule has 0 spiro atoms. The maximum absolute atomic E-state index is 12.2. The molecule has 0 heterocycles. The maximum atomic E-state index is 12.2. The third-order valence-electron chi connectivity index (χ3n) is 4.16. The molecule has 1 N–H and O–H groups in total. The SMILES string of the molecule is Cc1ccccc1CSCCNC(=O)[C@H](C)Oc1cc(C)c(Cl)c(C)c1. The van der Waals surface area contributed by atoms with E-state index in [9.17, 15) is 4.79 Å². The number of rotatable bonds is 8. The number of nitrogens with one attached hydrogen (secondary N) is 1. The Morgan fingerprint density at radius 1 is 1.15 bits per heavy atom. The fraction of sp³-hybridized carbons (Fsp3) is 0.381. The summed E-state index contributed by atoms with van der Waals surface area (Å²) in [6.45, 7) is 8.37. The van der Waals surface area contributed by atoms with Gasteiger partial charge in [-0.3, -0.25) is 4.79 Å². The molecule has 26 heavy (non-hydrogen) atoms. The predicted octanol–water partition coefficient (Wildman–Crippen LogP) is 5.08. The second-order valence-electron chi connectivity index (χ2n) is 6.40. The predicted molar refractivity (Wildman–Crippen MR) is 111 cm³/mol. The van der Waals surface area contributed by atoms with Crippen LogP contribution in [0.25, 0.3) is 0 Å². The highest BCUT2D eigenvalue weighted by atomic mass is 35.5. The molecule has 0 saturated carbocycles. The molecule has 0 aliphatic heterocycles. The minimum Gasteiger partial charge on any atom is -0.481 e. The van der Waals surface area contributed by atoms with Gasteiger partial charge in [-0.15, -0.1) is 0 Å². The van der Waals surface area contributed by atoms with Gasteiger partial charge in [-0.2, -0.15) is 11.8 Å². The van der Waals surface area contributed by atoms with Crippen molar-refractivity contribution >= 4 is 29.3 Å². The fourth-order valence-corrected chi connectivity index (χ4v) is 3.62. The lowest BCUT2D eigenvalue weighted by atomic mass is 10.1. The topological polar surface area (TPSA) is 38.3 Å². The molecular formula is C21H26ClNO2S. The van der Waals surface area contributed by atoms with Crippen molar-refractivity contribution in [3.8, 4) is 5.75 Å². The second-order valence-corrected chi connectivity index (χ2v) is 7.88. The second kappa shape index (κ2) is 9.89. The average Bonchev–Trinajstić information content (AvgIpc) is 2.60. The van der Waals surface area contributed by atoms with Crippen molar-refractivity contribution in [3.05, 3.63) is 63.7 Å². The smallest absolute Gasteiger partial charge is 0.260 e. The fourth-order valence-electron chi connectivity index (χ4n) is 2.58. The van der Waals surface area contributed by atoms with Crippen LogP contribution in [0.1, 0.15) is 29.2 Å². The number of benzene rings is 2. The van der Waals surface area contributed by atoms with Crippen LogP contribution in [0.2, 0.25) is 5.02 Å².